The van der Waals surface area contributed by atoms with Gasteiger partial charge in [-0.2, -0.15) is 0 Å². The molecule has 2 amide bonds. The van der Waals surface area contributed by atoms with E-state index in [1.54, 1.807) is 17.0 Å². The van der Waals surface area contributed by atoms with E-state index in [2.05, 4.69) is 20.8 Å². The SMILES string of the molecule is Cc1ccc(S(=O)(=O)n2ccc3nc(NNC(=O)OC(=O)N(C4CCCC4)C(C)(C)C)cnc32)cc1. The maximum absolute atomic E-state index is 13.0. The number of amides is 2. The van der Waals surface area contributed by atoms with Gasteiger partial charge in [-0.05, 0) is 58.7 Å². The minimum atomic E-state index is -3.86. The molecular formula is C24H30N6O5S. The first-order valence-electron chi connectivity index (χ1n) is 11.7. The maximum atomic E-state index is 13.0. The van der Waals surface area contributed by atoms with Crippen molar-refractivity contribution in [1.29, 1.82) is 0 Å². The predicted molar refractivity (Wildman–Crippen MR) is 134 cm³/mol. The van der Waals surface area contributed by atoms with Crippen LogP contribution in [0.25, 0.3) is 11.2 Å². The fraction of sp³-hybridized carbons (Fsp3) is 0.417. The number of hydrogen-bond donors (Lipinski definition) is 2. The Morgan fingerprint density at radius 3 is 2.42 bits per heavy atom. The fourth-order valence-corrected chi connectivity index (χ4v) is 5.66. The van der Waals surface area contributed by atoms with E-state index in [4.69, 9.17) is 4.74 Å². The van der Waals surface area contributed by atoms with Crippen LogP contribution in [0.2, 0.25) is 0 Å². The van der Waals surface area contributed by atoms with Crippen molar-refractivity contribution in [2.75, 3.05) is 5.43 Å². The highest BCUT2D eigenvalue weighted by Gasteiger charge is 2.36. The summed E-state index contributed by atoms with van der Waals surface area (Å²) in [4.78, 5) is 35.2. The monoisotopic (exact) mass is 514 g/mol. The highest BCUT2D eigenvalue weighted by Crippen LogP contribution is 2.30. The van der Waals surface area contributed by atoms with Gasteiger partial charge in [0.05, 0.1) is 11.1 Å². The van der Waals surface area contributed by atoms with Crippen LogP contribution in [-0.2, 0) is 14.8 Å². The van der Waals surface area contributed by atoms with Crippen LogP contribution in [0.5, 0.6) is 0 Å². The number of hydrazine groups is 1. The topological polar surface area (TPSA) is 136 Å². The number of carbonyl (C=O) groups excluding carboxylic acids is 2. The summed E-state index contributed by atoms with van der Waals surface area (Å²) in [7, 11) is -3.86. The molecule has 1 fully saturated rings. The molecule has 192 valence electrons. The molecule has 1 aromatic carbocycles. The van der Waals surface area contributed by atoms with Crippen LogP contribution in [0.15, 0.2) is 47.6 Å². The average molecular weight is 515 g/mol. The third-order valence-corrected chi connectivity index (χ3v) is 7.70. The summed E-state index contributed by atoms with van der Waals surface area (Å²) in [5.74, 6) is 0.140. The van der Waals surface area contributed by atoms with Crippen molar-refractivity contribution in [2.45, 2.75) is 69.9 Å². The van der Waals surface area contributed by atoms with E-state index in [0.717, 1.165) is 35.2 Å². The lowest BCUT2D eigenvalue weighted by Crippen LogP contribution is -2.52. The van der Waals surface area contributed by atoms with Gasteiger partial charge in [0.15, 0.2) is 11.5 Å². The first-order chi connectivity index (χ1) is 17.0. The number of nitrogens with one attached hydrogen (secondary N) is 2. The molecule has 4 rings (SSSR count). The van der Waals surface area contributed by atoms with Gasteiger partial charge in [-0.3, -0.25) is 10.3 Å². The summed E-state index contributed by atoms with van der Waals surface area (Å²) >= 11 is 0. The number of benzene rings is 1. The smallest absolute Gasteiger partial charge is 0.358 e. The number of nitrogens with zero attached hydrogens (tertiary/aromatic N) is 4. The van der Waals surface area contributed by atoms with Crippen LogP contribution in [-0.4, -0.2) is 51.0 Å². The Kier molecular flexibility index (Phi) is 6.90. The molecule has 3 aromatic rings. The molecule has 0 radical (unpaired) electrons. The molecule has 1 aliphatic carbocycles. The van der Waals surface area contributed by atoms with Gasteiger partial charge in [-0.25, -0.2) is 37.4 Å². The van der Waals surface area contributed by atoms with Crippen LogP contribution >= 0.6 is 0 Å². The minimum absolute atomic E-state index is 0.0340. The van der Waals surface area contributed by atoms with Crippen molar-refractivity contribution in [3.05, 3.63) is 48.3 Å². The first kappa shape index (κ1) is 25.4. The van der Waals surface area contributed by atoms with Gasteiger partial charge in [-0.1, -0.05) is 30.5 Å². The van der Waals surface area contributed by atoms with Gasteiger partial charge in [0.25, 0.3) is 10.0 Å². The zero-order chi connectivity index (χ0) is 26.1. The molecule has 0 aliphatic heterocycles. The zero-order valence-corrected chi connectivity index (χ0v) is 21.5. The van der Waals surface area contributed by atoms with Crippen LogP contribution in [0, 0.1) is 6.92 Å². The summed E-state index contributed by atoms with van der Waals surface area (Å²) in [5, 5.41) is 0. The van der Waals surface area contributed by atoms with Crippen molar-refractivity contribution in [2.24, 2.45) is 0 Å². The molecule has 1 saturated carbocycles. The van der Waals surface area contributed by atoms with Crippen molar-refractivity contribution >= 4 is 39.2 Å². The average Bonchev–Trinajstić information content (AvgIpc) is 3.47. The summed E-state index contributed by atoms with van der Waals surface area (Å²) in [5.41, 5.74) is 5.70. The van der Waals surface area contributed by atoms with Gasteiger partial charge in [0.1, 0.15) is 5.52 Å². The molecule has 0 atom stereocenters. The largest absolute Gasteiger partial charge is 0.435 e. The highest BCUT2D eigenvalue weighted by atomic mass is 32.2. The van der Waals surface area contributed by atoms with Crippen LogP contribution in [0.1, 0.15) is 52.0 Å². The van der Waals surface area contributed by atoms with E-state index < -0.39 is 27.7 Å². The van der Waals surface area contributed by atoms with Gasteiger partial charge in [0.2, 0.25) is 0 Å². The summed E-state index contributed by atoms with van der Waals surface area (Å²) in [6, 6.07) is 8.04. The van der Waals surface area contributed by atoms with Crippen molar-refractivity contribution in [1.82, 2.24) is 24.3 Å². The van der Waals surface area contributed by atoms with E-state index in [1.165, 1.54) is 30.6 Å². The zero-order valence-electron chi connectivity index (χ0n) is 20.7. The predicted octanol–water partition coefficient (Wildman–Crippen LogP) is 4.19. The number of carbonyl (C=O) groups is 2. The number of rotatable bonds is 5. The third kappa shape index (κ3) is 5.27. The molecule has 0 bridgehead atoms. The van der Waals surface area contributed by atoms with Gasteiger partial charge >= 0.3 is 12.2 Å². The number of aromatic nitrogens is 3. The van der Waals surface area contributed by atoms with Gasteiger partial charge < -0.3 is 4.74 Å². The lowest BCUT2D eigenvalue weighted by molar-refractivity contribution is 0.0618. The Labute approximate surface area is 209 Å². The van der Waals surface area contributed by atoms with E-state index >= 15 is 0 Å². The van der Waals surface area contributed by atoms with Crippen molar-refractivity contribution < 1.29 is 22.7 Å². The fourth-order valence-electron chi connectivity index (χ4n) is 4.37. The Morgan fingerprint density at radius 1 is 1.11 bits per heavy atom. The van der Waals surface area contributed by atoms with E-state index in [-0.39, 0.29) is 22.4 Å². The summed E-state index contributed by atoms with van der Waals surface area (Å²) < 4.78 is 32.1. The molecular weight excluding hydrogens is 484 g/mol. The molecule has 0 unspecified atom stereocenters. The Bertz CT molecular complexity index is 1370. The van der Waals surface area contributed by atoms with E-state index in [9.17, 15) is 18.0 Å². The Morgan fingerprint density at radius 2 is 1.78 bits per heavy atom. The molecule has 0 saturated heterocycles. The van der Waals surface area contributed by atoms with Gasteiger partial charge in [0, 0.05) is 17.8 Å². The molecule has 2 aromatic heterocycles. The number of aryl methyl sites for hydroxylation is 1. The molecule has 11 nitrogen and oxygen atoms in total. The molecule has 2 heterocycles. The van der Waals surface area contributed by atoms with E-state index in [1.807, 2.05) is 27.7 Å². The van der Waals surface area contributed by atoms with E-state index in [0.29, 0.717) is 5.52 Å². The summed E-state index contributed by atoms with van der Waals surface area (Å²) in [6.07, 6.45) is 4.75. The third-order valence-electron chi connectivity index (χ3n) is 6.02. The standard InChI is InChI=1S/C24H30N6O5S/c1-16-9-11-18(12-10-16)36(33,34)29-14-13-19-21(29)25-15-20(26-19)27-28-22(31)35-23(32)30(24(2,3)4)17-7-5-6-8-17/h9-15,17H,5-8H2,1-4H3,(H,26,27)(H,28,31). The first-order valence-corrected chi connectivity index (χ1v) is 13.1. The second-order valence-corrected chi connectivity index (χ2v) is 11.6. The van der Waals surface area contributed by atoms with Gasteiger partial charge in [-0.15, -0.1) is 0 Å². The molecule has 1 aliphatic rings. The molecule has 2 N–H and O–H groups in total. The number of fused-ring (bicyclic) bond motifs is 1. The molecule has 36 heavy (non-hydrogen) atoms. The Hall–Kier alpha value is -3.67. The lowest BCUT2D eigenvalue weighted by Gasteiger charge is -2.38. The minimum Gasteiger partial charge on any atom is -0.358 e. The highest BCUT2D eigenvalue weighted by molar-refractivity contribution is 7.90. The van der Waals surface area contributed by atoms with Crippen molar-refractivity contribution in [3.63, 3.8) is 0 Å². The number of ether oxygens (including phenoxy) is 1. The lowest BCUT2D eigenvalue weighted by atomic mass is 10.0. The van der Waals surface area contributed by atoms with Crippen LogP contribution < -0.4 is 10.9 Å². The Balaban J connectivity index is 1.43. The molecule has 12 heteroatoms. The second kappa shape index (κ2) is 9.76. The second-order valence-electron chi connectivity index (χ2n) is 9.78. The maximum Gasteiger partial charge on any atom is 0.435 e. The number of hydrogen-bond acceptors (Lipinski definition) is 8. The number of anilines is 1. The van der Waals surface area contributed by atoms with Crippen molar-refractivity contribution in [3.8, 4) is 0 Å². The normalized spacial score (nSPS) is 14.6. The quantitative estimate of drug-likeness (QED) is 0.382. The van der Waals surface area contributed by atoms with Crippen LogP contribution in [0.4, 0.5) is 15.4 Å². The van der Waals surface area contributed by atoms with Crippen LogP contribution in [0.3, 0.4) is 0 Å². The molecule has 0 spiro atoms. The summed E-state index contributed by atoms with van der Waals surface area (Å²) in [6.45, 7) is 7.58.